The molecule has 2 aromatic carbocycles. The third-order valence-corrected chi connectivity index (χ3v) is 3.39. The molecular weight excluding hydrogens is 319 g/mol. The van der Waals surface area contributed by atoms with Crippen molar-refractivity contribution in [2.75, 3.05) is 0 Å². The van der Waals surface area contributed by atoms with E-state index in [2.05, 4.69) is 15.0 Å². The standard InChI is InChI=1S/C15H10F5OSi/c1-8-2-3-10(6-11(8)16)21-15(19,20)14-12(17)4-9(7-22)5-13(14)18/h2-6H,7H2,1H3. The number of hydrogen-bond donors (Lipinski definition) is 0. The molecule has 0 aliphatic heterocycles. The van der Waals surface area contributed by atoms with Gasteiger partial charge < -0.3 is 4.74 Å². The Balaban J connectivity index is 2.39. The summed E-state index contributed by atoms with van der Waals surface area (Å²) in [5, 5.41) is 0. The maximum Gasteiger partial charge on any atom is 0.432 e. The van der Waals surface area contributed by atoms with Crippen molar-refractivity contribution < 1.29 is 26.7 Å². The van der Waals surface area contributed by atoms with E-state index in [-0.39, 0.29) is 17.2 Å². The van der Waals surface area contributed by atoms with E-state index in [0.29, 0.717) is 0 Å². The summed E-state index contributed by atoms with van der Waals surface area (Å²) in [4.78, 5) is 0. The highest BCUT2D eigenvalue weighted by atomic mass is 28.1. The van der Waals surface area contributed by atoms with Crippen LogP contribution in [0.5, 0.6) is 5.75 Å². The zero-order chi connectivity index (χ0) is 16.5. The summed E-state index contributed by atoms with van der Waals surface area (Å²) < 4.78 is 73.1. The summed E-state index contributed by atoms with van der Waals surface area (Å²) in [6.45, 7) is 1.44. The van der Waals surface area contributed by atoms with Crippen molar-refractivity contribution in [3.05, 3.63) is 64.5 Å². The van der Waals surface area contributed by atoms with Crippen LogP contribution in [-0.4, -0.2) is 10.2 Å². The molecule has 7 heteroatoms. The van der Waals surface area contributed by atoms with Crippen LogP contribution >= 0.6 is 0 Å². The average Bonchev–Trinajstić information content (AvgIpc) is 2.41. The molecule has 0 saturated carbocycles. The highest BCUT2D eigenvalue weighted by Crippen LogP contribution is 2.35. The van der Waals surface area contributed by atoms with E-state index in [1.807, 2.05) is 0 Å². The molecule has 0 atom stereocenters. The molecule has 0 spiro atoms. The summed E-state index contributed by atoms with van der Waals surface area (Å²) in [5.74, 6) is -4.17. The Morgan fingerprint density at radius 2 is 1.59 bits per heavy atom. The molecule has 0 unspecified atom stereocenters. The van der Waals surface area contributed by atoms with Gasteiger partial charge in [-0.05, 0) is 42.3 Å². The van der Waals surface area contributed by atoms with E-state index in [0.717, 1.165) is 24.3 Å². The summed E-state index contributed by atoms with van der Waals surface area (Å²) >= 11 is 0. The minimum Gasteiger partial charge on any atom is -0.429 e. The summed E-state index contributed by atoms with van der Waals surface area (Å²) in [6, 6.07) is 4.70. The molecule has 1 nitrogen and oxygen atoms in total. The van der Waals surface area contributed by atoms with Crippen molar-refractivity contribution in [1.29, 1.82) is 0 Å². The van der Waals surface area contributed by atoms with Gasteiger partial charge in [-0.15, -0.1) is 0 Å². The van der Waals surface area contributed by atoms with E-state index in [9.17, 15) is 22.0 Å². The second-order valence-electron chi connectivity index (χ2n) is 4.64. The van der Waals surface area contributed by atoms with E-state index in [1.165, 1.54) is 13.0 Å². The van der Waals surface area contributed by atoms with Gasteiger partial charge in [0, 0.05) is 16.3 Å². The van der Waals surface area contributed by atoms with Crippen LogP contribution in [0.15, 0.2) is 30.3 Å². The number of alkyl halides is 2. The van der Waals surface area contributed by atoms with Crippen LogP contribution < -0.4 is 4.74 Å². The number of ether oxygens (including phenoxy) is 1. The van der Waals surface area contributed by atoms with Crippen LogP contribution in [0.25, 0.3) is 0 Å². The molecular formula is C15H10F5OSi. The molecule has 0 aliphatic rings. The normalized spacial score (nSPS) is 11.6. The van der Waals surface area contributed by atoms with Crippen molar-refractivity contribution in [2.24, 2.45) is 0 Å². The second kappa shape index (κ2) is 6.08. The fourth-order valence-electron chi connectivity index (χ4n) is 1.84. The topological polar surface area (TPSA) is 9.23 Å². The predicted molar refractivity (Wildman–Crippen MR) is 71.5 cm³/mol. The fourth-order valence-corrected chi connectivity index (χ4v) is 2.05. The maximum absolute atomic E-state index is 14.0. The first-order valence-electron chi connectivity index (χ1n) is 6.20. The highest BCUT2D eigenvalue weighted by molar-refractivity contribution is 6.08. The van der Waals surface area contributed by atoms with E-state index in [1.54, 1.807) is 0 Å². The van der Waals surface area contributed by atoms with Gasteiger partial charge in [0.2, 0.25) is 0 Å². The summed E-state index contributed by atoms with van der Waals surface area (Å²) in [7, 11) is 3.03. The molecule has 3 radical (unpaired) electrons. The van der Waals surface area contributed by atoms with Crippen LogP contribution in [0.2, 0.25) is 0 Å². The third kappa shape index (κ3) is 3.29. The largest absolute Gasteiger partial charge is 0.432 e. The molecule has 0 heterocycles. The predicted octanol–water partition coefficient (Wildman–Crippen LogP) is 4.21. The monoisotopic (exact) mass is 329 g/mol. The first-order valence-corrected chi connectivity index (χ1v) is 6.91. The first kappa shape index (κ1) is 16.5. The smallest absolute Gasteiger partial charge is 0.429 e. The van der Waals surface area contributed by atoms with Crippen LogP contribution in [0.1, 0.15) is 16.7 Å². The highest BCUT2D eigenvalue weighted by Gasteiger charge is 2.41. The van der Waals surface area contributed by atoms with Crippen LogP contribution in [0.4, 0.5) is 22.0 Å². The number of halogens is 5. The molecule has 115 valence electrons. The second-order valence-corrected chi connectivity index (χ2v) is 4.99. The van der Waals surface area contributed by atoms with Crippen molar-refractivity contribution in [3.63, 3.8) is 0 Å². The molecule has 0 fully saturated rings. The number of hydrogen-bond acceptors (Lipinski definition) is 1. The Hall–Kier alpha value is -1.89. The lowest BCUT2D eigenvalue weighted by Crippen LogP contribution is -2.25. The molecule has 0 aromatic heterocycles. The summed E-state index contributed by atoms with van der Waals surface area (Å²) in [6.07, 6.45) is -4.28. The minimum atomic E-state index is -4.28. The van der Waals surface area contributed by atoms with Crippen LogP contribution in [-0.2, 0) is 12.2 Å². The van der Waals surface area contributed by atoms with Gasteiger partial charge in [0.15, 0.2) is 0 Å². The lowest BCUT2D eigenvalue weighted by molar-refractivity contribution is -0.189. The van der Waals surface area contributed by atoms with Crippen molar-refractivity contribution in [1.82, 2.24) is 0 Å². The molecule has 0 N–H and O–H groups in total. The molecule has 2 aromatic rings. The van der Waals surface area contributed by atoms with Gasteiger partial charge in [0.25, 0.3) is 0 Å². The SMILES string of the molecule is Cc1ccc(OC(F)(F)c2c(F)cc(C[Si])cc2F)cc1F. The maximum atomic E-state index is 14.0. The molecule has 0 bridgehead atoms. The molecule has 22 heavy (non-hydrogen) atoms. The Kier molecular flexibility index (Phi) is 4.55. The van der Waals surface area contributed by atoms with E-state index >= 15 is 0 Å². The fraction of sp³-hybridized carbons (Fsp3) is 0.200. The lowest BCUT2D eigenvalue weighted by atomic mass is 10.1. The zero-order valence-electron chi connectivity index (χ0n) is 11.4. The van der Waals surface area contributed by atoms with Crippen molar-refractivity contribution in [2.45, 2.75) is 19.1 Å². The minimum absolute atomic E-state index is 0.101. The lowest BCUT2D eigenvalue weighted by Gasteiger charge is -2.20. The Morgan fingerprint density at radius 1 is 1.00 bits per heavy atom. The summed E-state index contributed by atoms with van der Waals surface area (Å²) in [5.41, 5.74) is -1.13. The van der Waals surface area contributed by atoms with E-state index in [4.69, 9.17) is 0 Å². The van der Waals surface area contributed by atoms with Gasteiger partial charge in [-0.25, -0.2) is 13.2 Å². The third-order valence-electron chi connectivity index (χ3n) is 2.99. The van der Waals surface area contributed by atoms with Gasteiger partial charge in [-0.3, -0.25) is 0 Å². The van der Waals surface area contributed by atoms with Gasteiger partial charge in [-0.1, -0.05) is 6.07 Å². The van der Waals surface area contributed by atoms with Crippen LogP contribution in [0, 0.1) is 24.4 Å². The van der Waals surface area contributed by atoms with Gasteiger partial charge in [0.1, 0.15) is 28.8 Å². The van der Waals surface area contributed by atoms with E-state index < -0.39 is 34.9 Å². The molecule has 0 aliphatic carbocycles. The molecule has 2 rings (SSSR count). The van der Waals surface area contributed by atoms with Crippen molar-refractivity contribution >= 4 is 10.2 Å². The van der Waals surface area contributed by atoms with Crippen LogP contribution in [0.3, 0.4) is 0 Å². The molecule has 0 amide bonds. The number of aryl methyl sites for hydroxylation is 1. The average molecular weight is 329 g/mol. The molecule has 0 saturated heterocycles. The number of benzene rings is 2. The number of rotatable bonds is 4. The van der Waals surface area contributed by atoms with Gasteiger partial charge >= 0.3 is 6.11 Å². The Bertz CT molecular complexity index is 679. The zero-order valence-corrected chi connectivity index (χ0v) is 12.4. The van der Waals surface area contributed by atoms with Crippen molar-refractivity contribution in [3.8, 4) is 5.75 Å². The quantitative estimate of drug-likeness (QED) is 0.603. The first-order chi connectivity index (χ1) is 10.2. The Morgan fingerprint density at radius 3 is 2.09 bits per heavy atom. The van der Waals surface area contributed by atoms with Gasteiger partial charge in [-0.2, -0.15) is 8.78 Å². The Labute approximate surface area is 127 Å². The van der Waals surface area contributed by atoms with Gasteiger partial charge in [0.05, 0.1) is 0 Å².